The molecule has 0 amide bonds. The van der Waals surface area contributed by atoms with Gasteiger partial charge in [0.15, 0.2) is 0 Å². The average Bonchev–Trinajstić information content (AvgIpc) is 2.55. The number of thiol groups is 1. The minimum Gasteiger partial charge on any atom is -0.478 e. The fourth-order valence-electron chi connectivity index (χ4n) is 4.94. The number of thioether (sulfide) groups is 1. The predicted octanol–water partition coefficient (Wildman–Crippen LogP) is 3.60. The topological polar surface area (TPSA) is 89.6 Å². The van der Waals surface area contributed by atoms with E-state index >= 15 is 0 Å². The highest BCUT2D eigenvalue weighted by Crippen LogP contribution is 2.54. The van der Waals surface area contributed by atoms with Crippen LogP contribution in [0.25, 0.3) is 0 Å². The number of hydrogen-bond donors (Lipinski definition) is 3. The lowest BCUT2D eigenvalue weighted by molar-refractivity contribution is -0.164. The molecule has 2 atom stereocenters. The zero-order chi connectivity index (χ0) is 20.2. The van der Waals surface area contributed by atoms with E-state index in [0.717, 1.165) is 17.8 Å². The molecule has 0 heterocycles. The van der Waals surface area contributed by atoms with Crippen LogP contribution in [-0.2, 0) is 14.3 Å². The van der Waals surface area contributed by atoms with Crippen molar-refractivity contribution in [3.63, 3.8) is 0 Å². The Morgan fingerprint density at radius 2 is 1.63 bits per heavy atom. The molecule has 7 heteroatoms. The molecule has 0 aliphatic heterocycles. The molecular formula is C20H35NO4S2. The Morgan fingerprint density at radius 1 is 1.15 bits per heavy atom. The highest BCUT2D eigenvalue weighted by molar-refractivity contribution is 7.99. The number of carbonyl (C=O) groups excluding carboxylic acids is 1. The normalized spacial score (nSPS) is 33.2. The number of rotatable bonds is 7. The lowest BCUT2D eigenvalue weighted by Gasteiger charge is -2.55. The van der Waals surface area contributed by atoms with Crippen LogP contribution in [-0.4, -0.2) is 45.4 Å². The van der Waals surface area contributed by atoms with Crippen molar-refractivity contribution in [1.82, 2.24) is 0 Å². The van der Waals surface area contributed by atoms with E-state index in [1.54, 1.807) is 6.92 Å². The second kappa shape index (κ2) is 9.88. The largest absolute Gasteiger partial charge is 0.478 e. The molecule has 5 nitrogen and oxygen atoms in total. The number of hydrogen-bond acceptors (Lipinski definition) is 6. The summed E-state index contributed by atoms with van der Waals surface area (Å²) < 4.78 is 4.91. The second-order valence-electron chi connectivity index (χ2n) is 9.01. The van der Waals surface area contributed by atoms with Crippen molar-refractivity contribution < 1.29 is 19.4 Å². The number of nitrogens with two attached hydrogens (primary N) is 1. The number of carboxylic acid groups (broad SMARTS) is 1. The van der Waals surface area contributed by atoms with E-state index in [1.807, 2.05) is 13.8 Å². The SMILES string of the molecule is CC(C)SCC(OC(=O)[C@@H](C)CS)C(=O)O.NC12CC3CC(CC(C3)C1)C2. The minimum absolute atomic E-state index is 0.276. The summed E-state index contributed by atoms with van der Waals surface area (Å²) in [7, 11) is 0. The minimum atomic E-state index is -1.10. The first-order valence-electron chi connectivity index (χ1n) is 10.1. The average molecular weight is 418 g/mol. The summed E-state index contributed by atoms with van der Waals surface area (Å²) in [5, 5.41) is 9.19. The zero-order valence-electron chi connectivity index (χ0n) is 16.7. The first-order chi connectivity index (χ1) is 12.6. The smallest absolute Gasteiger partial charge is 0.345 e. The Bertz CT molecular complexity index is 491. The molecule has 4 fully saturated rings. The van der Waals surface area contributed by atoms with E-state index in [1.165, 1.54) is 50.3 Å². The van der Waals surface area contributed by atoms with Gasteiger partial charge in [0.1, 0.15) is 0 Å². The molecule has 0 saturated heterocycles. The number of aliphatic carboxylic acids is 1. The van der Waals surface area contributed by atoms with E-state index in [-0.39, 0.29) is 11.7 Å². The van der Waals surface area contributed by atoms with E-state index < -0.39 is 18.0 Å². The monoisotopic (exact) mass is 417 g/mol. The van der Waals surface area contributed by atoms with Crippen LogP contribution in [0.3, 0.4) is 0 Å². The van der Waals surface area contributed by atoms with Crippen LogP contribution in [0, 0.1) is 23.7 Å². The van der Waals surface area contributed by atoms with Gasteiger partial charge in [-0.3, -0.25) is 4.79 Å². The van der Waals surface area contributed by atoms with Gasteiger partial charge in [-0.1, -0.05) is 20.8 Å². The standard InChI is InChI=1S/C10H17N.C10H18O4S2/c11-10-4-7-1-8(5-10)3-9(2-7)6-10;1-6(2)16-5-8(9(11)12)14-10(13)7(3)4-15/h7-9H,1-6,11H2;6-8,15H,4-5H2,1-3H3,(H,11,12)/t;7-,8?/m.0/s1. The van der Waals surface area contributed by atoms with E-state index in [2.05, 4.69) is 12.6 Å². The van der Waals surface area contributed by atoms with Gasteiger partial charge < -0.3 is 15.6 Å². The summed E-state index contributed by atoms with van der Waals surface area (Å²) in [5.41, 5.74) is 6.62. The second-order valence-corrected chi connectivity index (χ2v) is 11.0. The number of esters is 1. The summed E-state index contributed by atoms with van der Waals surface area (Å²) in [6.45, 7) is 5.58. The van der Waals surface area contributed by atoms with E-state index in [4.69, 9.17) is 15.6 Å². The molecule has 4 aliphatic carbocycles. The van der Waals surface area contributed by atoms with Gasteiger partial charge in [0.25, 0.3) is 0 Å². The lowest BCUT2D eigenvalue weighted by Crippen LogP contribution is -2.55. The first-order valence-corrected chi connectivity index (χ1v) is 11.7. The van der Waals surface area contributed by atoms with Gasteiger partial charge in [-0.15, -0.1) is 0 Å². The highest BCUT2D eigenvalue weighted by atomic mass is 32.2. The molecule has 1 unspecified atom stereocenters. The van der Waals surface area contributed by atoms with Crippen molar-refractivity contribution >= 4 is 36.3 Å². The van der Waals surface area contributed by atoms with Crippen molar-refractivity contribution in [3.05, 3.63) is 0 Å². The van der Waals surface area contributed by atoms with Crippen LogP contribution >= 0.6 is 24.4 Å². The number of carboxylic acids is 1. The van der Waals surface area contributed by atoms with Gasteiger partial charge in [-0.2, -0.15) is 24.4 Å². The quantitative estimate of drug-likeness (QED) is 0.433. The van der Waals surface area contributed by atoms with Gasteiger partial charge in [-0.05, 0) is 61.5 Å². The maximum Gasteiger partial charge on any atom is 0.345 e. The van der Waals surface area contributed by atoms with Gasteiger partial charge in [-0.25, -0.2) is 4.79 Å². The molecule has 0 aromatic rings. The molecule has 4 bridgehead atoms. The fourth-order valence-corrected chi connectivity index (χ4v) is 5.86. The summed E-state index contributed by atoms with van der Waals surface area (Å²) in [5.74, 6) is 1.69. The molecule has 0 aromatic carbocycles. The highest BCUT2D eigenvalue weighted by Gasteiger charge is 2.48. The Labute approximate surface area is 173 Å². The van der Waals surface area contributed by atoms with Crippen molar-refractivity contribution in [2.24, 2.45) is 29.4 Å². The third kappa shape index (κ3) is 6.86. The molecule has 4 rings (SSSR count). The predicted molar refractivity (Wildman–Crippen MR) is 113 cm³/mol. The van der Waals surface area contributed by atoms with Gasteiger partial charge in [0, 0.05) is 17.0 Å². The van der Waals surface area contributed by atoms with Crippen LogP contribution in [0.15, 0.2) is 0 Å². The molecule has 27 heavy (non-hydrogen) atoms. The molecule has 0 radical (unpaired) electrons. The molecule has 156 valence electrons. The van der Waals surface area contributed by atoms with E-state index in [9.17, 15) is 9.59 Å². The first kappa shape index (κ1) is 22.9. The summed E-state index contributed by atoms with van der Waals surface area (Å²) in [6.07, 6.45) is 7.50. The number of ether oxygens (including phenoxy) is 1. The Balaban J connectivity index is 0.000000203. The fraction of sp³-hybridized carbons (Fsp3) is 0.900. The third-order valence-corrected chi connectivity index (χ3v) is 7.59. The van der Waals surface area contributed by atoms with Gasteiger partial charge in [0.2, 0.25) is 6.10 Å². The lowest BCUT2D eigenvalue weighted by atomic mass is 9.53. The van der Waals surface area contributed by atoms with Gasteiger partial charge >= 0.3 is 11.9 Å². The van der Waals surface area contributed by atoms with Crippen molar-refractivity contribution in [3.8, 4) is 0 Å². The van der Waals surface area contributed by atoms with Gasteiger partial charge in [0.05, 0.1) is 5.92 Å². The maximum absolute atomic E-state index is 11.4. The van der Waals surface area contributed by atoms with Crippen molar-refractivity contribution in [2.75, 3.05) is 11.5 Å². The van der Waals surface area contributed by atoms with Crippen molar-refractivity contribution in [1.29, 1.82) is 0 Å². The summed E-state index contributed by atoms with van der Waals surface area (Å²) >= 11 is 5.41. The Morgan fingerprint density at radius 3 is 1.96 bits per heavy atom. The van der Waals surface area contributed by atoms with E-state index in [0.29, 0.717) is 16.5 Å². The summed E-state index contributed by atoms with van der Waals surface area (Å²) in [6, 6.07) is 0. The van der Waals surface area contributed by atoms with Crippen LogP contribution in [0.1, 0.15) is 59.3 Å². The third-order valence-electron chi connectivity index (χ3n) is 5.88. The molecule has 4 saturated carbocycles. The zero-order valence-corrected chi connectivity index (χ0v) is 18.4. The van der Waals surface area contributed by atoms with Crippen LogP contribution < -0.4 is 5.73 Å². The van der Waals surface area contributed by atoms with Crippen LogP contribution in [0.5, 0.6) is 0 Å². The van der Waals surface area contributed by atoms with Crippen molar-refractivity contribution in [2.45, 2.75) is 76.2 Å². The molecule has 4 aliphatic rings. The summed E-state index contributed by atoms with van der Waals surface area (Å²) in [4.78, 5) is 22.2. The van der Waals surface area contributed by atoms with Crippen LogP contribution in [0.2, 0.25) is 0 Å². The Kier molecular flexibility index (Phi) is 8.37. The molecular weight excluding hydrogens is 382 g/mol. The number of carbonyl (C=O) groups is 2. The molecule has 0 spiro atoms. The molecule has 0 aromatic heterocycles. The van der Waals surface area contributed by atoms with Crippen LogP contribution in [0.4, 0.5) is 0 Å². The Hall–Kier alpha value is -0.400. The molecule has 3 N–H and O–H groups in total. The maximum atomic E-state index is 11.4.